The molecular weight excluding hydrogens is 212 g/mol. The number of aromatic nitrogens is 2. The Labute approximate surface area is 91.5 Å². The normalized spacial score (nSPS) is 10.9. The van der Waals surface area contributed by atoms with Crippen LogP contribution in [0.4, 0.5) is 14.5 Å². The molecule has 3 nitrogen and oxygen atoms in total. The van der Waals surface area contributed by atoms with E-state index in [1.807, 2.05) is 0 Å². The van der Waals surface area contributed by atoms with E-state index >= 15 is 0 Å². The maximum absolute atomic E-state index is 12.3. The lowest BCUT2D eigenvalue weighted by molar-refractivity contribution is 0.127. The quantitative estimate of drug-likeness (QED) is 0.812. The van der Waals surface area contributed by atoms with Crippen molar-refractivity contribution in [3.63, 3.8) is 0 Å². The number of halogens is 2. The van der Waals surface area contributed by atoms with E-state index in [9.17, 15) is 8.78 Å². The third-order valence-corrected chi connectivity index (χ3v) is 2.20. The molecule has 5 heteroatoms. The van der Waals surface area contributed by atoms with Crippen LogP contribution in [0, 0.1) is 0 Å². The Hall–Kier alpha value is -1.91. The largest absolute Gasteiger partial charge is 0.399 e. The Kier molecular flexibility index (Phi) is 2.85. The highest BCUT2D eigenvalue weighted by Gasteiger charge is 2.10. The average molecular weight is 223 g/mol. The molecule has 0 aliphatic heterocycles. The van der Waals surface area contributed by atoms with Crippen LogP contribution in [0.2, 0.25) is 0 Å². The zero-order valence-corrected chi connectivity index (χ0v) is 8.48. The SMILES string of the molecule is Nc1cccc(-c2nccn2CC(F)F)c1. The molecule has 0 fully saturated rings. The molecule has 0 saturated carbocycles. The van der Waals surface area contributed by atoms with Crippen LogP contribution in [0.1, 0.15) is 0 Å². The molecule has 0 saturated heterocycles. The summed E-state index contributed by atoms with van der Waals surface area (Å²) in [4.78, 5) is 4.05. The molecule has 0 amide bonds. The summed E-state index contributed by atoms with van der Waals surface area (Å²) in [5.41, 5.74) is 6.96. The van der Waals surface area contributed by atoms with Gasteiger partial charge in [0.05, 0.1) is 6.54 Å². The monoisotopic (exact) mass is 223 g/mol. The third kappa shape index (κ3) is 2.18. The van der Waals surface area contributed by atoms with Crippen molar-refractivity contribution in [3.05, 3.63) is 36.7 Å². The minimum absolute atomic E-state index is 0.357. The van der Waals surface area contributed by atoms with Crippen LogP contribution >= 0.6 is 0 Å². The topological polar surface area (TPSA) is 43.8 Å². The number of hydrogen-bond donors (Lipinski definition) is 1. The second-order valence-corrected chi connectivity index (χ2v) is 3.42. The van der Waals surface area contributed by atoms with Crippen molar-refractivity contribution < 1.29 is 8.78 Å². The summed E-state index contributed by atoms with van der Waals surface area (Å²) < 4.78 is 26.0. The van der Waals surface area contributed by atoms with Crippen molar-refractivity contribution in [3.8, 4) is 11.4 Å². The van der Waals surface area contributed by atoms with E-state index in [0.717, 1.165) is 5.56 Å². The summed E-state index contributed by atoms with van der Waals surface area (Å²) in [7, 11) is 0. The molecule has 0 aliphatic carbocycles. The fraction of sp³-hybridized carbons (Fsp3) is 0.182. The number of nitrogens with zero attached hydrogens (tertiary/aromatic N) is 2. The van der Waals surface area contributed by atoms with Gasteiger partial charge in [-0.1, -0.05) is 12.1 Å². The first-order valence-corrected chi connectivity index (χ1v) is 4.82. The van der Waals surface area contributed by atoms with Gasteiger partial charge in [-0.15, -0.1) is 0 Å². The van der Waals surface area contributed by atoms with E-state index in [2.05, 4.69) is 4.98 Å². The Morgan fingerprint density at radius 3 is 2.88 bits per heavy atom. The first-order valence-electron chi connectivity index (χ1n) is 4.82. The molecule has 0 atom stereocenters. The summed E-state index contributed by atoms with van der Waals surface area (Å²) in [5.74, 6) is 0.507. The van der Waals surface area contributed by atoms with Gasteiger partial charge in [-0.25, -0.2) is 13.8 Å². The molecule has 0 bridgehead atoms. The first kappa shape index (κ1) is 10.6. The maximum Gasteiger partial charge on any atom is 0.256 e. The highest BCUT2D eigenvalue weighted by atomic mass is 19.3. The van der Waals surface area contributed by atoms with Crippen LogP contribution in [0.15, 0.2) is 36.7 Å². The molecule has 0 radical (unpaired) electrons. The fourth-order valence-corrected chi connectivity index (χ4v) is 1.54. The molecular formula is C11H11F2N3. The van der Waals surface area contributed by atoms with Gasteiger partial charge in [0.1, 0.15) is 5.82 Å². The van der Waals surface area contributed by atoms with E-state index in [0.29, 0.717) is 11.5 Å². The number of alkyl halides is 2. The molecule has 16 heavy (non-hydrogen) atoms. The maximum atomic E-state index is 12.3. The van der Waals surface area contributed by atoms with Crippen molar-refractivity contribution in [1.82, 2.24) is 9.55 Å². The van der Waals surface area contributed by atoms with E-state index in [1.165, 1.54) is 17.0 Å². The summed E-state index contributed by atoms with van der Waals surface area (Å²) in [6, 6.07) is 7.01. The van der Waals surface area contributed by atoms with Crippen LogP contribution in [-0.4, -0.2) is 16.0 Å². The Balaban J connectivity index is 2.37. The number of imidazole rings is 1. The summed E-state index contributed by atoms with van der Waals surface area (Å²) in [6.45, 7) is -0.357. The van der Waals surface area contributed by atoms with Crippen LogP contribution in [0.5, 0.6) is 0 Å². The molecule has 0 unspecified atom stereocenters. The molecule has 1 aromatic heterocycles. The van der Waals surface area contributed by atoms with Crippen molar-refractivity contribution in [1.29, 1.82) is 0 Å². The molecule has 2 rings (SSSR count). The molecule has 0 aliphatic rings. The number of nitrogens with two attached hydrogens (primary N) is 1. The molecule has 1 heterocycles. The van der Waals surface area contributed by atoms with Crippen LogP contribution < -0.4 is 5.73 Å². The standard InChI is InChI=1S/C11H11F2N3/c12-10(13)7-16-5-4-15-11(16)8-2-1-3-9(14)6-8/h1-6,10H,7,14H2. The number of benzene rings is 1. The molecule has 1 aromatic carbocycles. The molecule has 2 N–H and O–H groups in total. The Morgan fingerprint density at radius 2 is 2.19 bits per heavy atom. The lowest BCUT2D eigenvalue weighted by Gasteiger charge is -2.07. The highest BCUT2D eigenvalue weighted by molar-refractivity contribution is 5.61. The predicted octanol–water partition coefficient (Wildman–Crippen LogP) is 2.40. The minimum atomic E-state index is -2.39. The van der Waals surface area contributed by atoms with Gasteiger partial charge in [0, 0.05) is 23.6 Å². The number of rotatable bonds is 3. The number of hydrogen-bond acceptors (Lipinski definition) is 2. The Bertz CT molecular complexity index is 480. The summed E-state index contributed by atoms with van der Waals surface area (Å²) in [6.07, 6.45) is 0.639. The van der Waals surface area contributed by atoms with E-state index in [1.54, 1.807) is 24.3 Å². The lowest BCUT2D eigenvalue weighted by Crippen LogP contribution is -2.07. The van der Waals surface area contributed by atoms with Crippen LogP contribution in [-0.2, 0) is 6.54 Å². The van der Waals surface area contributed by atoms with Crippen LogP contribution in [0.3, 0.4) is 0 Å². The second-order valence-electron chi connectivity index (χ2n) is 3.42. The van der Waals surface area contributed by atoms with Crippen molar-refractivity contribution >= 4 is 5.69 Å². The minimum Gasteiger partial charge on any atom is -0.399 e. The van der Waals surface area contributed by atoms with Crippen molar-refractivity contribution in [2.45, 2.75) is 13.0 Å². The van der Waals surface area contributed by atoms with Gasteiger partial charge in [0.25, 0.3) is 6.43 Å². The first-order chi connectivity index (χ1) is 7.66. The molecule has 2 aromatic rings. The molecule has 0 spiro atoms. The van der Waals surface area contributed by atoms with Crippen LogP contribution in [0.25, 0.3) is 11.4 Å². The average Bonchev–Trinajstić information content (AvgIpc) is 2.65. The number of anilines is 1. The van der Waals surface area contributed by atoms with Gasteiger partial charge in [0.2, 0.25) is 0 Å². The van der Waals surface area contributed by atoms with E-state index < -0.39 is 6.43 Å². The Morgan fingerprint density at radius 1 is 1.38 bits per heavy atom. The van der Waals surface area contributed by atoms with Gasteiger partial charge in [-0.2, -0.15) is 0 Å². The predicted molar refractivity (Wildman–Crippen MR) is 58.1 cm³/mol. The van der Waals surface area contributed by atoms with Crippen molar-refractivity contribution in [2.75, 3.05) is 5.73 Å². The van der Waals surface area contributed by atoms with Gasteiger partial charge in [-0.05, 0) is 12.1 Å². The van der Waals surface area contributed by atoms with Gasteiger partial charge in [-0.3, -0.25) is 0 Å². The third-order valence-electron chi connectivity index (χ3n) is 2.20. The number of nitrogen functional groups attached to an aromatic ring is 1. The van der Waals surface area contributed by atoms with E-state index in [-0.39, 0.29) is 6.54 Å². The van der Waals surface area contributed by atoms with Gasteiger partial charge in [0.15, 0.2) is 0 Å². The van der Waals surface area contributed by atoms with Gasteiger partial charge < -0.3 is 10.3 Å². The lowest BCUT2D eigenvalue weighted by atomic mass is 10.2. The highest BCUT2D eigenvalue weighted by Crippen LogP contribution is 2.20. The second kappa shape index (κ2) is 4.30. The fourth-order valence-electron chi connectivity index (χ4n) is 1.54. The van der Waals surface area contributed by atoms with E-state index in [4.69, 9.17) is 5.73 Å². The smallest absolute Gasteiger partial charge is 0.256 e. The summed E-state index contributed by atoms with van der Waals surface area (Å²) >= 11 is 0. The molecule has 84 valence electrons. The zero-order chi connectivity index (χ0) is 11.5. The van der Waals surface area contributed by atoms with Crippen molar-refractivity contribution in [2.24, 2.45) is 0 Å². The van der Waals surface area contributed by atoms with Gasteiger partial charge >= 0.3 is 0 Å². The zero-order valence-electron chi connectivity index (χ0n) is 8.48. The summed E-state index contributed by atoms with van der Waals surface area (Å²) in [5, 5.41) is 0.